The number of benzene rings is 3. The van der Waals surface area contributed by atoms with Crippen LogP contribution in [0.5, 0.6) is 5.75 Å². The van der Waals surface area contributed by atoms with Crippen molar-refractivity contribution in [1.29, 1.82) is 0 Å². The van der Waals surface area contributed by atoms with Crippen molar-refractivity contribution in [1.82, 2.24) is 10.2 Å². The Kier molecular flexibility index (Phi) is 10.6. The van der Waals surface area contributed by atoms with Crippen molar-refractivity contribution < 1.29 is 14.3 Å². The van der Waals surface area contributed by atoms with Gasteiger partial charge < -0.3 is 15.0 Å². The standard InChI is InChI=1S/C30H35BrN2O3/c1-4-5-16-32-30(35)28(19-24-10-7-6-8-11-24)33(20-25-12-9-13-26(31)18-25)29(34)21-36-27-15-14-22(2)23(3)17-27/h6-15,17-18,28H,4-5,16,19-21H2,1-3H3,(H,32,35)/t28-/m0/s1. The number of hydrogen-bond donors (Lipinski definition) is 1. The van der Waals surface area contributed by atoms with E-state index in [0.717, 1.165) is 39.6 Å². The summed E-state index contributed by atoms with van der Waals surface area (Å²) in [5, 5.41) is 3.04. The lowest BCUT2D eigenvalue weighted by atomic mass is 10.0. The highest BCUT2D eigenvalue weighted by molar-refractivity contribution is 9.10. The van der Waals surface area contributed by atoms with E-state index in [2.05, 4.69) is 28.2 Å². The molecular weight excluding hydrogens is 516 g/mol. The number of rotatable bonds is 12. The first-order valence-corrected chi connectivity index (χ1v) is 13.2. The minimum atomic E-state index is -0.668. The highest BCUT2D eigenvalue weighted by Gasteiger charge is 2.30. The summed E-state index contributed by atoms with van der Waals surface area (Å²) >= 11 is 3.52. The molecular formula is C30H35BrN2O3. The zero-order chi connectivity index (χ0) is 25.9. The highest BCUT2D eigenvalue weighted by atomic mass is 79.9. The summed E-state index contributed by atoms with van der Waals surface area (Å²) in [5.41, 5.74) is 4.19. The van der Waals surface area contributed by atoms with Gasteiger partial charge in [0.25, 0.3) is 5.91 Å². The molecule has 0 saturated carbocycles. The average Bonchev–Trinajstić information content (AvgIpc) is 2.87. The molecule has 6 heteroatoms. The van der Waals surface area contributed by atoms with Crippen molar-refractivity contribution in [3.05, 3.63) is 99.5 Å². The van der Waals surface area contributed by atoms with Gasteiger partial charge in [-0.3, -0.25) is 9.59 Å². The van der Waals surface area contributed by atoms with Crippen LogP contribution in [0, 0.1) is 13.8 Å². The van der Waals surface area contributed by atoms with Gasteiger partial charge in [-0.2, -0.15) is 0 Å². The third kappa shape index (κ3) is 8.23. The van der Waals surface area contributed by atoms with Crippen molar-refractivity contribution in [2.45, 2.75) is 52.6 Å². The molecule has 3 aromatic rings. The number of hydrogen-bond acceptors (Lipinski definition) is 3. The van der Waals surface area contributed by atoms with Gasteiger partial charge in [0.05, 0.1) is 0 Å². The van der Waals surface area contributed by atoms with Crippen LogP contribution in [0.4, 0.5) is 0 Å². The Labute approximate surface area is 223 Å². The maximum absolute atomic E-state index is 13.6. The van der Waals surface area contributed by atoms with Crippen LogP contribution in [-0.2, 0) is 22.6 Å². The van der Waals surface area contributed by atoms with E-state index in [4.69, 9.17) is 4.74 Å². The second-order valence-electron chi connectivity index (χ2n) is 9.04. The summed E-state index contributed by atoms with van der Waals surface area (Å²) in [5.74, 6) is 0.252. The van der Waals surface area contributed by atoms with E-state index >= 15 is 0 Å². The highest BCUT2D eigenvalue weighted by Crippen LogP contribution is 2.20. The SMILES string of the molecule is CCCCNC(=O)[C@H](Cc1ccccc1)N(Cc1cccc(Br)c1)C(=O)COc1ccc(C)c(C)c1. The van der Waals surface area contributed by atoms with E-state index in [1.807, 2.05) is 86.6 Å². The molecule has 0 heterocycles. The molecule has 0 aromatic heterocycles. The topological polar surface area (TPSA) is 58.6 Å². The zero-order valence-corrected chi connectivity index (χ0v) is 22.9. The van der Waals surface area contributed by atoms with E-state index < -0.39 is 6.04 Å². The third-order valence-corrected chi connectivity index (χ3v) is 6.68. The van der Waals surface area contributed by atoms with Gasteiger partial charge in [-0.25, -0.2) is 0 Å². The van der Waals surface area contributed by atoms with Gasteiger partial charge in [0.15, 0.2) is 6.61 Å². The number of ether oxygens (including phenoxy) is 1. The predicted molar refractivity (Wildman–Crippen MR) is 148 cm³/mol. The van der Waals surface area contributed by atoms with Gasteiger partial charge in [0, 0.05) is 24.0 Å². The van der Waals surface area contributed by atoms with Crippen LogP contribution < -0.4 is 10.1 Å². The molecule has 0 aliphatic heterocycles. The largest absolute Gasteiger partial charge is 0.484 e. The molecule has 0 bridgehead atoms. The van der Waals surface area contributed by atoms with Crippen molar-refractivity contribution in [3.8, 4) is 5.75 Å². The number of aryl methyl sites for hydroxylation is 2. The van der Waals surface area contributed by atoms with Crippen LogP contribution in [0.15, 0.2) is 77.3 Å². The molecule has 1 atom stereocenters. The van der Waals surface area contributed by atoms with E-state index in [1.165, 1.54) is 0 Å². The normalized spacial score (nSPS) is 11.6. The molecule has 5 nitrogen and oxygen atoms in total. The fourth-order valence-corrected chi connectivity index (χ4v) is 4.37. The third-order valence-electron chi connectivity index (χ3n) is 6.18. The summed E-state index contributed by atoms with van der Waals surface area (Å²) in [7, 11) is 0. The number of amides is 2. The number of halogens is 1. The Balaban J connectivity index is 1.89. The molecule has 0 aliphatic carbocycles. The van der Waals surface area contributed by atoms with Crippen LogP contribution in [0.1, 0.15) is 42.0 Å². The van der Waals surface area contributed by atoms with Gasteiger partial charge in [-0.15, -0.1) is 0 Å². The maximum Gasteiger partial charge on any atom is 0.261 e. The molecule has 0 fully saturated rings. The van der Waals surface area contributed by atoms with E-state index in [1.54, 1.807) is 4.90 Å². The number of nitrogens with zero attached hydrogens (tertiary/aromatic N) is 1. The number of carbonyl (C=O) groups excluding carboxylic acids is 2. The first-order chi connectivity index (χ1) is 17.4. The Morgan fingerprint density at radius 2 is 1.69 bits per heavy atom. The summed E-state index contributed by atoms with van der Waals surface area (Å²) in [4.78, 5) is 28.7. The molecule has 190 valence electrons. The summed E-state index contributed by atoms with van der Waals surface area (Å²) < 4.78 is 6.81. The lowest BCUT2D eigenvalue weighted by molar-refractivity contribution is -0.142. The molecule has 0 saturated heterocycles. The van der Waals surface area contributed by atoms with Crippen molar-refractivity contribution in [2.75, 3.05) is 13.2 Å². The van der Waals surface area contributed by atoms with Crippen LogP contribution in [0.3, 0.4) is 0 Å². The number of nitrogens with one attached hydrogen (secondary N) is 1. The van der Waals surface area contributed by atoms with E-state index in [0.29, 0.717) is 25.3 Å². The Hall–Kier alpha value is -3.12. The van der Waals surface area contributed by atoms with Gasteiger partial charge in [0.1, 0.15) is 11.8 Å². The zero-order valence-electron chi connectivity index (χ0n) is 21.3. The summed E-state index contributed by atoms with van der Waals surface area (Å²) in [6, 6.07) is 22.7. The molecule has 3 rings (SSSR count). The van der Waals surface area contributed by atoms with Crippen LogP contribution in [0.2, 0.25) is 0 Å². The summed E-state index contributed by atoms with van der Waals surface area (Å²) in [6.07, 6.45) is 2.29. The molecule has 0 radical (unpaired) electrons. The first-order valence-electron chi connectivity index (χ1n) is 12.4. The van der Waals surface area contributed by atoms with Crippen molar-refractivity contribution in [2.24, 2.45) is 0 Å². The Morgan fingerprint density at radius 3 is 2.39 bits per heavy atom. The van der Waals surface area contributed by atoms with Gasteiger partial charge in [-0.1, -0.05) is 77.8 Å². The van der Waals surface area contributed by atoms with Crippen LogP contribution in [-0.4, -0.2) is 35.9 Å². The molecule has 0 unspecified atom stereocenters. The molecule has 0 aliphatic rings. The van der Waals surface area contributed by atoms with Crippen molar-refractivity contribution >= 4 is 27.7 Å². The second-order valence-corrected chi connectivity index (χ2v) is 9.95. The minimum absolute atomic E-state index is 0.149. The van der Waals surface area contributed by atoms with Gasteiger partial charge in [-0.05, 0) is 66.8 Å². The van der Waals surface area contributed by atoms with Crippen LogP contribution in [0.25, 0.3) is 0 Å². The van der Waals surface area contributed by atoms with Gasteiger partial charge in [0.2, 0.25) is 5.91 Å². The lowest BCUT2D eigenvalue weighted by Crippen LogP contribution is -2.51. The van der Waals surface area contributed by atoms with Crippen LogP contribution >= 0.6 is 15.9 Å². The van der Waals surface area contributed by atoms with Gasteiger partial charge >= 0.3 is 0 Å². The molecule has 0 spiro atoms. The first kappa shape index (κ1) is 27.5. The quantitative estimate of drug-likeness (QED) is 0.281. The predicted octanol–water partition coefficient (Wildman–Crippen LogP) is 6.00. The summed E-state index contributed by atoms with van der Waals surface area (Å²) in [6.45, 7) is 6.87. The molecule has 2 amide bonds. The number of carbonyl (C=O) groups is 2. The fourth-order valence-electron chi connectivity index (χ4n) is 3.92. The molecule has 36 heavy (non-hydrogen) atoms. The van der Waals surface area contributed by atoms with E-state index in [9.17, 15) is 9.59 Å². The molecule has 3 aromatic carbocycles. The molecule has 1 N–H and O–H groups in total. The second kappa shape index (κ2) is 13.8. The Morgan fingerprint density at radius 1 is 0.944 bits per heavy atom. The average molecular weight is 552 g/mol. The Bertz CT molecular complexity index is 1150. The van der Waals surface area contributed by atoms with Crippen molar-refractivity contribution in [3.63, 3.8) is 0 Å². The monoisotopic (exact) mass is 550 g/mol. The lowest BCUT2D eigenvalue weighted by Gasteiger charge is -2.31. The smallest absolute Gasteiger partial charge is 0.261 e. The maximum atomic E-state index is 13.6. The number of unbranched alkanes of at least 4 members (excludes halogenated alkanes) is 1. The minimum Gasteiger partial charge on any atom is -0.484 e. The fraction of sp³-hybridized carbons (Fsp3) is 0.333. The van der Waals surface area contributed by atoms with E-state index in [-0.39, 0.29) is 18.4 Å².